The summed E-state index contributed by atoms with van der Waals surface area (Å²) in [6.07, 6.45) is -6.81. The number of methoxy groups -OCH3 is 1. The van der Waals surface area contributed by atoms with Crippen molar-refractivity contribution in [1.82, 2.24) is 14.8 Å². The fourth-order valence-electron chi connectivity index (χ4n) is 3.58. The molecule has 2 N–H and O–H groups in total. The van der Waals surface area contributed by atoms with Crippen LogP contribution in [0.3, 0.4) is 0 Å². The van der Waals surface area contributed by atoms with Crippen LogP contribution in [0.15, 0.2) is 18.3 Å². The summed E-state index contributed by atoms with van der Waals surface area (Å²) in [6, 6.07) is 4.08. The molecule has 1 aromatic rings. The lowest BCUT2D eigenvalue weighted by Crippen LogP contribution is -2.46. The Morgan fingerprint density at radius 2 is 1.67 bits per heavy atom. The van der Waals surface area contributed by atoms with Crippen molar-refractivity contribution < 1.29 is 55.6 Å². The van der Waals surface area contributed by atoms with Gasteiger partial charge in [-0.05, 0) is 25.6 Å². The first-order chi connectivity index (χ1) is 16.7. The van der Waals surface area contributed by atoms with Crippen LogP contribution in [0.5, 0.6) is 5.88 Å². The zero-order valence-corrected chi connectivity index (χ0v) is 19.7. The van der Waals surface area contributed by atoms with Crippen LogP contribution in [0.4, 0.5) is 26.3 Å². The van der Waals surface area contributed by atoms with Crippen molar-refractivity contribution in [2.75, 3.05) is 46.4 Å². The van der Waals surface area contributed by atoms with E-state index >= 15 is 0 Å². The van der Waals surface area contributed by atoms with Gasteiger partial charge in [-0.25, -0.2) is 14.6 Å². The molecule has 36 heavy (non-hydrogen) atoms. The highest BCUT2D eigenvalue weighted by Gasteiger charge is 2.39. The van der Waals surface area contributed by atoms with Gasteiger partial charge < -0.3 is 24.6 Å². The predicted molar refractivity (Wildman–Crippen MR) is 113 cm³/mol. The van der Waals surface area contributed by atoms with Crippen LogP contribution in [0, 0.1) is 5.92 Å². The van der Waals surface area contributed by atoms with Gasteiger partial charge in [0, 0.05) is 43.9 Å². The minimum atomic E-state index is -5.08. The van der Waals surface area contributed by atoms with E-state index in [-0.39, 0.29) is 0 Å². The first kappa shape index (κ1) is 31.4. The fraction of sp³-hybridized carbons (Fsp3) is 0.667. The molecule has 15 heteroatoms. The van der Waals surface area contributed by atoms with Crippen LogP contribution in [0.1, 0.15) is 18.9 Å². The molecule has 0 unspecified atom stereocenters. The molecule has 2 aliphatic heterocycles. The molecule has 206 valence electrons. The summed E-state index contributed by atoms with van der Waals surface area (Å²) in [5.74, 6) is -4.10. The largest absolute Gasteiger partial charge is 0.490 e. The van der Waals surface area contributed by atoms with E-state index < -0.39 is 24.3 Å². The number of piperidine rings is 1. The molecule has 0 aliphatic carbocycles. The molecule has 0 radical (unpaired) electrons. The van der Waals surface area contributed by atoms with E-state index in [2.05, 4.69) is 27.8 Å². The van der Waals surface area contributed by atoms with Gasteiger partial charge in [-0.1, -0.05) is 13.0 Å². The highest BCUT2D eigenvalue weighted by Crippen LogP contribution is 2.26. The number of nitrogens with zero attached hydrogens (tertiary/aromatic N) is 3. The van der Waals surface area contributed by atoms with Crippen LogP contribution in [-0.4, -0.2) is 102 Å². The zero-order valence-electron chi connectivity index (χ0n) is 19.7. The van der Waals surface area contributed by atoms with Gasteiger partial charge in [0.05, 0.1) is 19.8 Å². The monoisotopic (exact) mass is 533 g/mol. The Bertz CT molecular complexity index is 815. The average molecular weight is 533 g/mol. The standard InChI is InChI=1S/C17H27N3O2.2C2HF3O2/c1-3-19-9-10-22-16-13-20(8-6-14(16)11-19)12-15-5-4-7-18-17(15)21-2;2*3-2(4,5)1(6)7/h4-5,7,14,16H,3,6,8-13H2,1-2H3;2*(H,6,7)/t14-,16-;;/m1../s1. The Labute approximate surface area is 203 Å². The molecule has 2 atom stereocenters. The van der Waals surface area contributed by atoms with E-state index in [9.17, 15) is 26.3 Å². The number of carbonyl (C=O) groups is 2. The van der Waals surface area contributed by atoms with Gasteiger partial charge in [0.2, 0.25) is 5.88 Å². The number of aromatic nitrogens is 1. The van der Waals surface area contributed by atoms with E-state index in [1.54, 1.807) is 13.3 Å². The number of aliphatic carboxylic acids is 2. The molecule has 1 aromatic heterocycles. The number of ether oxygens (including phenoxy) is 2. The average Bonchev–Trinajstić information content (AvgIpc) is 3.00. The maximum absolute atomic E-state index is 10.6. The van der Waals surface area contributed by atoms with Crippen molar-refractivity contribution in [2.24, 2.45) is 5.92 Å². The first-order valence-corrected chi connectivity index (χ1v) is 10.8. The number of likely N-dealkylation sites (N-methyl/N-ethyl adjacent to an activating group) is 1. The third-order valence-electron chi connectivity index (χ3n) is 5.38. The second-order valence-corrected chi connectivity index (χ2v) is 7.86. The molecule has 0 bridgehead atoms. The van der Waals surface area contributed by atoms with Gasteiger partial charge >= 0.3 is 24.3 Å². The third-order valence-corrected chi connectivity index (χ3v) is 5.38. The second kappa shape index (κ2) is 14.2. The number of hydrogen-bond acceptors (Lipinski definition) is 7. The Morgan fingerprint density at radius 3 is 2.17 bits per heavy atom. The van der Waals surface area contributed by atoms with Crippen LogP contribution in [0.2, 0.25) is 0 Å². The predicted octanol–water partition coefficient (Wildman–Crippen LogP) is 2.90. The molecular formula is C21H29F6N3O6. The normalized spacial score (nSPS) is 21.0. The Kier molecular flexibility index (Phi) is 12.4. The molecule has 0 spiro atoms. The molecule has 2 fully saturated rings. The molecule has 0 amide bonds. The van der Waals surface area contributed by atoms with E-state index in [4.69, 9.17) is 29.3 Å². The Morgan fingerprint density at radius 1 is 1.08 bits per heavy atom. The molecule has 3 heterocycles. The van der Waals surface area contributed by atoms with E-state index in [0.29, 0.717) is 12.0 Å². The highest BCUT2D eigenvalue weighted by molar-refractivity contribution is 5.73. The smallest absolute Gasteiger partial charge is 0.481 e. The number of alkyl halides is 6. The Hall–Kier alpha value is -2.65. The summed E-state index contributed by atoms with van der Waals surface area (Å²) in [7, 11) is 1.69. The van der Waals surface area contributed by atoms with Crippen molar-refractivity contribution in [2.45, 2.75) is 38.3 Å². The minimum absolute atomic E-state index is 0.368. The number of rotatable bonds is 4. The van der Waals surface area contributed by atoms with Crippen LogP contribution in [0.25, 0.3) is 0 Å². The summed E-state index contributed by atoms with van der Waals surface area (Å²) < 4.78 is 75.0. The number of halogens is 6. The number of pyridine rings is 1. The molecule has 2 aliphatic rings. The molecular weight excluding hydrogens is 504 g/mol. The van der Waals surface area contributed by atoms with Crippen molar-refractivity contribution in [1.29, 1.82) is 0 Å². The van der Waals surface area contributed by atoms with Gasteiger partial charge in [-0.2, -0.15) is 26.3 Å². The zero-order chi connectivity index (χ0) is 27.5. The van der Waals surface area contributed by atoms with Crippen LogP contribution in [-0.2, 0) is 20.9 Å². The van der Waals surface area contributed by atoms with Gasteiger partial charge in [0.25, 0.3) is 0 Å². The fourth-order valence-corrected chi connectivity index (χ4v) is 3.58. The van der Waals surface area contributed by atoms with Crippen LogP contribution >= 0.6 is 0 Å². The maximum atomic E-state index is 10.6. The number of carboxylic acid groups (broad SMARTS) is 2. The number of likely N-dealkylation sites (tertiary alicyclic amines) is 1. The second-order valence-electron chi connectivity index (χ2n) is 7.86. The molecule has 0 saturated carbocycles. The van der Waals surface area contributed by atoms with Crippen molar-refractivity contribution in [3.63, 3.8) is 0 Å². The summed E-state index contributed by atoms with van der Waals surface area (Å²) >= 11 is 0. The van der Waals surface area contributed by atoms with E-state index in [0.717, 1.165) is 50.8 Å². The van der Waals surface area contributed by atoms with Crippen molar-refractivity contribution >= 4 is 11.9 Å². The van der Waals surface area contributed by atoms with E-state index in [1.807, 2.05) is 6.07 Å². The molecule has 9 nitrogen and oxygen atoms in total. The molecule has 2 saturated heterocycles. The van der Waals surface area contributed by atoms with Gasteiger partial charge in [-0.3, -0.25) is 4.90 Å². The van der Waals surface area contributed by atoms with Crippen molar-refractivity contribution in [3.8, 4) is 5.88 Å². The topological polar surface area (TPSA) is 112 Å². The third kappa shape index (κ3) is 11.0. The summed E-state index contributed by atoms with van der Waals surface area (Å²) in [5, 5.41) is 14.2. The van der Waals surface area contributed by atoms with Crippen molar-refractivity contribution in [3.05, 3.63) is 23.9 Å². The van der Waals surface area contributed by atoms with Gasteiger partial charge in [0.15, 0.2) is 0 Å². The quantitative estimate of drug-likeness (QED) is 0.565. The number of carboxylic acids is 2. The Balaban J connectivity index is 0.000000383. The lowest BCUT2D eigenvalue weighted by Gasteiger charge is -2.38. The summed E-state index contributed by atoms with van der Waals surface area (Å²) in [4.78, 5) is 27.1. The summed E-state index contributed by atoms with van der Waals surface area (Å²) in [5.41, 5.74) is 1.16. The van der Waals surface area contributed by atoms with Gasteiger partial charge in [0.1, 0.15) is 0 Å². The molecule has 0 aromatic carbocycles. The van der Waals surface area contributed by atoms with Crippen LogP contribution < -0.4 is 4.74 Å². The maximum Gasteiger partial charge on any atom is 0.490 e. The lowest BCUT2D eigenvalue weighted by molar-refractivity contribution is -0.193. The molecule has 3 rings (SSSR count). The number of hydrogen-bond donors (Lipinski definition) is 2. The van der Waals surface area contributed by atoms with Gasteiger partial charge in [-0.15, -0.1) is 0 Å². The first-order valence-electron chi connectivity index (χ1n) is 10.8. The summed E-state index contributed by atoms with van der Waals surface area (Å²) in [6.45, 7) is 9.51. The lowest BCUT2D eigenvalue weighted by atomic mass is 9.93. The highest BCUT2D eigenvalue weighted by atomic mass is 19.4. The minimum Gasteiger partial charge on any atom is -0.481 e. The SMILES string of the molecule is CCN1CCO[C@@H]2CN(Cc3cccnc3OC)CC[C@@H]2C1.O=C(O)C(F)(F)F.O=C(O)C(F)(F)F. The van der Waals surface area contributed by atoms with E-state index in [1.165, 1.54) is 13.0 Å². The number of fused-ring (bicyclic) bond motifs is 1.